The van der Waals surface area contributed by atoms with Gasteiger partial charge in [0.1, 0.15) is 0 Å². The summed E-state index contributed by atoms with van der Waals surface area (Å²) in [6, 6.07) is -0.0805. The Morgan fingerprint density at radius 2 is 2.20 bits per heavy atom. The van der Waals surface area contributed by atoms with Gasteiger partial charge in [0, 0.05) is 22.2 Å². The van der Waals surface area contributed by atoms with Gasteiger partial charge in [-0.1, -0.05) is 35.4 Å². The standard InChI is InChI=1S/C10H8Cl2N2O/c11-5-1-2-8-6(3-5)9(12)7(4-14-8)10(13)15/h1-4,6,8H,(H2,13,15)/t6-,8+/m0/s1. The Hall–Kier alpha value is -1.06. The number of nitrogens with two attached hydrogens (primary N) is 1. The van der Waals surface area contributed by atoms with Crippen LogP contribution in [0.4, 0.5) is 0 Å². The van der Waals surface area contributed by atoms with Crippen LogP contribution in [0.15, 0.2) is 38.9 Å². The zero-order valence-electron chi connectivity index (χ0n) is 7.65. The van der Waals surface area contributed by atoms with Crippen molar-refractivity contribution in [2.45, 2.75) is 6.04 Å². The van der Waals surface area contributed by atoms with Crippen LogP contribution in [0.25, 0.3) is 0 Å². The molecule has 0 bridgehead atoms. The maximum atomic E-state index is 11.0. The minimum atomic E-state index is -0.568. The van der Waals surface area contributed by atoms with Crippen molar-refractivity contribution < 1.29 is 4.79 Å². The second-order valence-corrected chi connectivity index (χ2v) is 4.17. The summed E-state index contributed by atoms with van der Waals surface area (Å²) >= 11 is 11.9. The predicted molar refractivity (Wildman–Crippen MR) is 60.9 cm³/mol. The van der Waals surface area contributed by atoms with Crippen molar-refractivity contribution in [1.82, 2.24) is 0 Å². The van der Waals surface area contributed by atoms with Crippen LogP contribution in [0.5, 0.6) is 0 Å². The van der Waals surface area contributed by atoms with Gasteiger partial charge in [-0.25, -0.2) is 0 Å². The first-order valence-electron chi connectivity index (χ1n) is 4.38. The van der Waals surface area contributed by atoms with Crippen LogP contribution in [0.1, 0.15) is 0 Å². The fraction of sp³-hybridized carbons (Fsp3) is 0.200. The molecule has 2 atom stereocenters. The van der Waals surface area contributed by atoms with Crippen LogP contribution in [0.3, 0.4) is 0 Å². The number of dihydropyridines is 1. The molecule has 0 saturated heterocycles. The number of fused-ring (bicyclic) bond motifs is 1. The third-order valence-corrected chi connectivity index (χ3v) is 3.06. The van der Waals surface area contributed by atoms with E-state index in [1.54, 1.807) is 12.2 Å². The molecule has 3 nitrogen and oxygen atoms in total. The number of hydrogen-bond donors (Lipinski definition) is 1. The lowest BCUT2D eigenvalue weighted by atomic mass is 9.90. The van der Waals surface area contributed by atoms with Crippen molar-refractivity contribution in [3.8, 4) is 0 Å². The third kappa shape index (κ3) is 1.85. The van der Waals surface area contributed by atoms with Gasteiger partial charge in [-0.05, 0) is 6.08 Å². The van der Waals surface area contributed by atoms with Gasteiger partial charge in [0.05, 0.1) is 11.6 Å². The van der Waals surface area contributed by atoms with E-state index >= 15 is 0 Å². The first kappa shape index (κ1) is 10.5. The molecule has 0 unspecified atom stereocenters. The number of allylic oxidation sites excluding steroid dienone is 2. The molecule has 2 aliphatic rings. The number of carbonyl (C=O) groups is 1. The van der Waals surface area contributed by atoms with Gasteiger partial charge in [-0.2, -0.15) is 0 Å². The molecule has 0 fully saturated rings. The van der Waals surface area contributed by atoms with Crippen molar-refractivity contribution in [1.29, 1.82) is 0 Å². The SMILES string of the molecule is NC(=O)C1=C(Cl)[C@H]2C=C(Cl)C=C[C@H]2N=C1. The van der Waals surface area contributed by atoms with Gasteiger partial charge in [-0.3, -0.25) is 9.79 Å². The van der Waals surface area contributed by atoms with E-state index in [0.717, 1.165) is 0 Å². The molecular formula is C10H8Cl2N2O. The average Bonchev–Trinajstić information content (AvgIpc) is 2.19. The van der Waals surface area contributed by atoms with E-state index in [0.29, 0.717) is 10.1 Å². The van der Waals surface area contributed by atoms with E-state index < -0.39 is 5.91 Å². The second kappa shape index (κ2) is 3.83. The molecule has 0 radical (unpaired) electrons. The maximum absolute atomic E-state index is 11.0. The lowest BCUT2D eigenvalue weighted by molar-refractivity contribution is -0.114. The molecule has 5 heteroatoms. The molecule has 1 amide bonds. The number of amides is 1. The van der Waals surface area contributed by atoms with E-state index in [1.165, 1.54) is 6.21 Å². The normalized spacial score (nSPS) is 28.8. The fourth-order valence-electron chi connectivity index (χ4n) is 1.58. The molecule has 1 aliphatic carbocycles. The fourth-order valence-corrected chi connectivity index (χ4v) is 2.13. The molecule has 0 spiro atoms. The number of rotatable bonds is 1. The summed E-state index contributed by atoms with van der Waals surface area (Å²) in [6.45, 7) is 0. The molecule has 1 aliphatic heterocycles. The molecule has 0 aromatic heterocycles. The van der Waals surface area contributed by atoms with Crippen molar-refractivity contribution in [2.24, 2.45) is 16.6 Å². The maximum Gasteiger partial charge on any atom is 0.251 e. The van der Waals surface area contributed by atoms with Crippen molar-refractivity contribution >= 4 is 35.3 Å². The molecule has 2 N–H and O–H groups in total. The number of carbonyl (C=O) groups excluding carboxylic acids is 1. The summed E-state index contributed by atoms with van der Waals surface area (Å²) in [6.07, 6.45) is 6.81. The lowest BCUT2D eigenvalue weighted by Gasteiger charge is -2.25. The van der Waals surface area contributed by atoms with Crippen molar-refractivity contribution in [2.75, 3.05) is 0 Å². The number of primary amides is 1. The highest BCUT2D eigenvalue weighted by molar-refractivity contribution is 6.36. The summed E-state index contributed by atoms with van der Waals surface area (Å²) < 4.78 is 0. The number of nitrogens with zero attached hydrogens (tertiary/aromatic N) is 1. The highest BCUT2D eigenvalue weighted by Gasteiger charge is 2.29. The summed E-state index contributed by atoms with van der Waals surface area (Å²) in [5, 5.41) is 1.00. The van der Waals surface area contributed by atoms with Crippen LogP contribution in [0, 0.1) is 5.92 Å². The van der Waals surface area contributed by atoms with Crippen LogP contribution in [0.2, 0.25) is 0 Å². The van der Waals surface area contributed by atoms with Crippen molar-refractivity contribution in [3.63, 3.8) is 0 Å². The topological polar surface area (TPSA) is 55.5 Å². The summed E-state index contributed by atoms with van der Waals surface area (Å²) in [4.78, 5) is 15.2. The Labute approximate surface area is 96.9 Å². The molecular weight excluding hydrogens is 235 g/mol. The van der Waals surface area contributed by atoms with Gasteiger partial charge in [0.15, 0.2) is 0 Å². The molecule has 15 heavy (non-hydrogen) atoms. The van der Waals surface area contributed by atoms with Crippen LogP contribution in [-0.2, 0) is 4.79 Å². The van der Waals surface area contributed by atoms with Gasteiger partial charge in [0.25, 0.3) is 5.91 Å². The van der Waals surface area contributed by atoms with Gasteiger partial charge < -0.3 is 5.73 Å². The highest BCUT2D eigenvalue weighted by atomic mass is 35.5. The average molecular weight is 243 g/mol. The Balaban J connectivity index is 2.42. The zero-order valence-corrected chi connectivity index (χ0v) is 9.16. The van der Waals surface area contributed by atoms with Crippen LogP contribution in [-0.4, -0.2) is 18.2 Å². The van der Waals surface area contributed by atoms with E-state index in [9.17, 15) is 4.79 Å². The highest BCUT2D eigenvalue weighted by Crippen LogP contribution is 2.34. The van der Waals surface area contributed by atoms with E-state index in [-0.39, 0.29) is 17.5 Å². The Kier molecular flexibility index (Phi) is 2.67. The van der Waals surface area contributed by atoms with E-state index in [4.69, 9.17) is 28.9 Å². The second-order valence-electron chi connectivity index (χ2n) is 3.33. The van der Waals surface area contributed by atoms with E-state index in [1.807, 2.05) is 6.08 Å². The molecule has 2 rings (SSSR count). The Bertz CT molecular complexity index is 435. The minimum Gasteiger partial charge on any atom is -0.366 e. The molecule has 0 aromatic rings. The zero-order chi connectivity index (χ0) is 11.0. The Morgan fingerprint density at radius 1 is 1.47 bits per heavy atom. The molecule has 0 saturated carbocycles. The Morgan fingerprint density at radius 3 is 2.87 bits per heavy atom. The monoisotopic (exact) mass is 242 g/mol. The van der Waals surface area contributed by atoms with Crippen LogP contribution < -0.4 is 5.73 Å². The third-order valence-electron chi connectivity index (χ3n) is 2.35. The molecule has 78 valence electrons. The van der Waals surface area contributed by atoms with Gasteiger partial charge >= 0.3 is 0 Å². The van der Waals surface area contributed by atoms with Crippen molar-refractivity contribution in [3.05, 3.63) is 33.9 Å². The quantitative estimate of drug-likeness (QED) is 0.749. The largest absolute Gasteiger partial charge is 0.366 e. The summed E-state index contributed by atoms with van der Waals surface area (Å²) in [5.41, 5.74) is 5.43. The number of hydrogen-bond acceptors (Lipinski definition) is 2. The smallest absolute Gasteiger partial charge is 0.251 e. The predicted octanol–water partition coefficient (Wildman–Crippen LogP) is 1.73. The molecule has 1 heterocycles. The van der Waals surface area contributed by atoms with Gasteiger partial charge in [0.2, 0.25) is 0 Å². The first-order valence-corrected chi connectivity index (χ1v) is 5.13. The molecule has 0 aromatic carbocycles. The first-order chi connectivity index (χ1) is 7.09. The van der Waals surface area contributed by atoms with E-state index in [2.05, 4.69) is 4.99 Å². The number of halogens is 2. The van der Waals surface area contributed by atoms with Crippen LogP contribution >= 0.6 is 23.2 Å². The number of aliphatic imine (C=N–C) groups is 1. The summed E-state index contributed by atoms with van der Waals surface area (Å²) in [5.74, 6) is -0.738. The minimum absolute atomic E-state index is 0.0805. The lowest BCUT2D eigenvalue weighted by Crippen LogP contribution is -2.27. The van der Waals surface area contributed by atoms with Gasteiger partial charge in [-0.15, -0.1) is 0 Å². The summed E-state index contributed by atoms with van der Waals surface area (Å²) in [7, 11) is 0.